The zero-order chi connectivity index (χ0) is 25.4. The molecule has 0 spiro atoms. The number of nitro groups is 1. The first kappa shape index (κ1) is 26.5. The number of amides is 1. The van der Waals surface area contributed by atoms with E-state index in [-0.39, 0.29) is 28.1 Å². The molecule has 0 unspecified atom stereocenters. The second-order valence-electron chi connectivity index (χ2n) is 7.42. The highest BCUT2D eigenvalue weighted by atomic mass is 35.5. The molecule has 2 aromatic carbocycles. The molecule has 0 atom stereocenters. The number of halogens is 2. The van der Waals surface area contributed by atoms with E-state index in [4.69, 9.17) is 27.9 Å². The standard InChI is InChI=1S/C23H23Cl2N5O4S/c1-3-10-29-21(5-4-11-34-20-9-6-16(24)12-15(20)2)27-28-23(29)35-14-22(31)26-17-7-8-18(25)19(13-17)30(32)33/h3,6-9,12-13H,1,4-5,10-11,14H2,2H3,(H,26,31). The monoisotopic (exact) mass is 535 g/mol. The summed E-state index contributed by atoms with van der Waals surface area (Å²) in [5.74, 6) is 1.26. The van der Waals surface area contributed by atoms with Gasteiger partial charge in [0.05, 0.1) is 17.3 Å². The summed E-state index contributed by atoms with van der Waals surface area (Å²) in [5, 5.41) is 23.4. The molecular weight excluding hydrogens is 513 g/mol. The van der Waals surface area contributed by atoms with Crippen LogP contribution in [0.3, 0.4) is 0 Å². The van der Waals surface area contributed by atoms with Crippen molar-refractivity contribution in [1.29, 1.82) is 0 Å². The lowest BCUT2D eigenvalue weighted by atomic mass is 10.2. The van der Waals surface area contributed by atoms with E-state index in [1.807, 2.05) is 23.6 Å². The summed E-state index contributed by atoms with van der Waals surface area (Å²) in [6.45, 7) is 6.72. The van der Waals surface area contributed by atoms with E-state index in [0.29, 0.717) is 29.8 Å². The number of anilines is 1. The minimum atomic E-state index is -0.603. The van der Waals surface area contributed by atoms with E-state index in [1.54, 1.807) is 12.1 Å². The SMILES string of the molecule is C=CCn1c(CCCOc2ccc(Cl)cc2C)nnc1SCC(=O)Nc1ccc(Cl)c([N+](=O)[O-])c1. The van der Waals surface area contributed by atoms with Gasteiger partial charge >= 0.3 is 0 Å². The zero-order valence-corrected chi connectivity index (χ0v) is 21.2. The number of nitrogens with one attached hydrogen (secondary N) is 1. The molecule has 9 nitrogen and oxygen atoms in total. The van der Waals surface area contributed by atoms with Crippen LogP contribution in [0.2, 0.25) is 10.0 Å². The van der Waals surface area contributed by atoms with Crippen LogP contribution in [0.25, 0.3) is 0 Å². The minimum Gasteiger partial charge on any atom is -0.493 e. The Kier molecular flexibility index (Phi) is 9.53. The molecule has 0 fully saturated rings. The lowest BCUT2D eigenvalue weighted by Crippen LogP contribution is -2.15. The Morgan fingerprint density at radius 1 is 1.29 bits per heavy atom. The van der Waals surface area contributed by atoms with Crippen LogP contribution in [-0.4, -0.2) is 38.0 Å². The molecule has 1 aromatic heterocycles. The molecule has 3 aromatic rings. The third-order valence-corrected chi connectivity index (χ3v) is 6.32. The fraction of sp³-hybridized carbons (Fsp3) is 0.261. The van der Waals surface area contributed by atoms with Gasteiger partial charge in [-0.1, -0.05) is 41.0 Å². The average molecular weight is 536 g/mol. The Morgan fingerprint density at radius 3 is 2.80 bits per heavy atom. The second kappa shape index (κ2) is 12.6. The van der Waals surface area contributed by atoms with Gasteiger partial charge in [0.25, 0.3) is 5.69 Å². The van der Waals surface area contributed by atoms with Gasteiger partial charge in [0.2, 0.25) is 5.91 Å². The Balaban J connectivity index is 1.55. The lowest BCUT2D eigenvalue weighted by Gasteiger charge is -2.10. The average Bonchev–Trinajstić information content (AvgIpc) is 3.19. The number of nitrogens with zero attached hydrogens (tertiary/aromatic N) is 4. The third-order valence-electron chi connectivity index (χ3n) is 4.80. The van der Waals surface area contributed by atoms with E-state index < -0.39 is 4.92 Å². The molecule has 3 rings (SSSR count). The molecule has 0 aliphatic heterocycles. The summed E-state index contributed by atoms with van der Waals surface area (Å²) >= 11 is 13.0. The maximum absolute atomic E-state index is 12.4. The molecule has 0 bridgehead atoms. The van der Waals surface area contributed by atoms with Crippen LogP contribution in [0.15, 0.2) is 54.2 Å². The minimum absolute atomic E-state index is 0.00105. The number of benzene rings is 2. The summed E-state index contributed by atoms with van der Waals surface area (Å²) < 4.78 is 7.74. The topological polar surface area (TPSA) is 112 Å². The van der Waals surface area contributed by atoms with Crippen molar-refractivity contribution in [3.05, 3.63) is 80.6 Å². The summed E-state index contributed by atoms with van der Waals surface area (Å²) in [6, 6.07) is 9.58. The predicted molar refractivity (Wildman–Crippen MR) is 138 cm³/mol. The summed E-state index contributed by atoms with van der Waals surface area (Å²) in [7, 11) is 0. The Bertz CT molecular complexity index is 1230. The molecule has 35 heavy (non-hydrogen) atoms. The van der Waals surface area contributed by atoms with Gasteiger partial charge in [0, 0.05) is 29.7 Å². The van der Waals surface area contributed by atoms with E-state index in [0.717, 1.165) is 23.6 Å². The van der Waals surface area contributed by atoms with Crippen molar-refractivity contribution in [2.24, 2.45) is 0 Å². The molecule has 1 heterocycles. The first-order chi connectivity index (χ1) is 16.8. The van der Waals surface area contributed by atoms with Crippen molar-refractivity contribution >= 4 is 52.2 Å². The van der Waals surface area contributed by atoms with Crippen LogP contribution < -0.4 is 10.1 Å². The first-order valence-electron chi connectivity index (χ1n) is 10.6. The fourth-order valence-corrected chi connectivity index (χ4v) is 4.35. The molecule has 12 heteroatoms. The molecule has 1 N–H and O–H groups in total. The van der Waals surface area contributed by atoms with Gasteiger partial charge in [-0.25, -0.2) is 0 Å². The number of carbonyl (C=O) groups excluding carboxylic acids is 1. The van der Waals surface area contributed by atoms with Gasteiger partial charge < -0.3 is 14.6 Å². The van der Waals surface area contributed by atoms with Gasteiger partial charge in [-0.3, -0.25) is 14.9 Å². The van der Waals surface area contributed by atoms with Gasteiger partial charge in [-0.05, 0) is 49.2 Å². The van der Waals surface area contributed by atoms with Gasteiger partial charge in [-0.15, -0.1) is 16.8 Å². The van der Waals surface area contributed by atoms with Crippen LogP contribution in [0.5, 0.6) is 5.75 Å². The maximum atomic E-state index is 12.4. The number of hydrogen-bond donors (Lipinski definition) is 1. The second-order valence-corrected chi connectivity index (χ2v) is 9.21. The number of thioether (sulfide) groups is 1. The molecule has 184 valence electrons. The van der Waals surface area contributed by atoms with Gasteiger partial charge in [0.1, 0.15) is 16.6 Å². The van der Waals surface area contributed by atoms with E-state index in [2.05, 4.69) is 22.1 Å². The quantitative estimate of drug-likeness (QED) is 0.103. The van der Waals surface area contributed by atoms with Crippen LogP contribution in [-0.2, 0) is 17.8 Å². The highest BCUT2D eigenvalue weighted by Gasteiger charge is 2.16. The van der Waals surface area contributed by atoms with E-state index in [1.165, 1.54) is 30.0 Å². The van der Waals surface area contributed by atoms with Crippen LogP contribution >= 0.6 is 35.0 Å². The number of carbonyl (C=O) groups is 1. The Hall–Kier alpha value is -3.08. The summed E-state index contributed by atoms with van der Waals surface area (Å²) in [4.78, 5) is 22.8. The molecule has 0 radical (unpaired) electrons. The number of aromatic nitrogens is 3. The Labute approximate surface area is 216 Å². The van der Waals surface area contributed by atoms with Crippen molar-refractivity contribution in [1.82, 2.24) is 14.8 Å². The molecule has 0 saturated carbocycles. The number of aryl methyl sites for hydroxylation is 2. The normalized spacial score (nSPS) is 10.7. The van der Waals surface area contributed by atoms with Crippen molar-refractivity contribution in [2.45, 2.75) is 31.5 Å². The van der Waals surface area contributed by atoms with Crippen molar-refractivity contribution in [2.75, 3.05) is 17.7 Å². The smallest absolute Gasteiger partial charge is 0.289 e. The fourth-order valence-electron chi connectivity index (χ4n) is 3.17. The van der Waals surface area contributed by atoms with Gasteiger partial charge in [-0.2, -0.15) is 0 Å². The molecule has 1 amide bonds. The first-order valence-corrected chi connectivity index (χ1v) is 12.3. The van der Waals surface area contributed by atoms with Crippen molar-refractivity contribution < 1.29 is 14.5 Å². The van der Waals surface area contributed by atoms with Gasteiger partial charge in [0.15, 0.2) is 5.16 Å². The maximum Gasteiger partial charge on any atom is 0.289 e. The molecular formula is C23H23Cl2N5O4S. The van der Waals surface area contributed by atoms with Crippen LogP contribution in [0, 0.1) is 17.0 Å². The van der Waals surface area contributed by atoms with Crippen LogP contribution in [0.1, 0.15) is 17.8 Å². The van der Waals surface area contributed by atoms with Crippen molar-refractivity contribution in [3.8, 4) is 5.75 Å². The van der Waals surface area contributed by atoms with Crippen molar-refractivity contribution in [3.63, 3.8) is 0 Å². The highest BCUT2D eigenvalue weighted by Crippen LogP contribution is 2.28. The summed E-state index contributed by atoms with van der Waals surface area (Å²) in [5.41, 5.74) is 0.982. The van der Waals surface area contributed by atoms with E-state index >= 15 is 0 Å². The molecule has 0 aliphatic rings. The largest absolute Gasteiger partial charge is 0.493 e. The number of allylic oxidation sites excluding steroid dienone is 1. The molecule has 0 aliphatic carbocycles. The highest BCUT2D eigenvalue weighted by molar-refractivity contribution is 7.99. The van der Waals surface area contributed by atoms with Crippen LogP contribution in [0.4, 0.5) is 11.4 Å². The number of nitro benzene ring substituents is 1. The Morgan fingerprint density at radius 2 is 2.09 bits per heavy atom. The summed E-state index contributed by atoms with van der Waals surface area (Å²) in [6.07, 6.45) is 3.09. The van der Waals surface area contributed by atoms with E-state index in [9.17, 15) is 14.9 Å². The predicted octanol–water partition coefficient (Wildman–Crippen LogP) is 5.73. The molecule has 0 saturated heterocycles. The zero-order valence-electron chi connectivity index (χ0n) is 18.9. The number of rotatable bonds is 12. The number of ether oxygens (including phenoxy) is 1. The lowest BCUT2D eigenvalue weighted by molar-refractivity contribution is -0.384. The number of hydrogen-bond acceptors (Lipinski definition) is 7. The third kappa shape index (κ3) is 7.45.